The van der Waals surface area contributed by atoms with Crippen molar-refractivity contribution in [2.75, 3.05) is 5.75 Å². The third-order valence-electron chi connectivity index (χ3n) is 0.554. The first-order valence-electron chi connectivity index (χ1n) is 2.45. The zero-order valence-corrected chi connectivity index (χ0v) is 6.27. The van der Waals surface area contributed by atoms with E-state index in [1.54, 1.807) is 0 Å². The molecule has 0 aromatic heterocycles. The maximum absolute atomic E-state index is 10.1. The molecule has 0 saturated carbocycles. The zero-order chi connectivity index (χ0) is 7.71. The summed E-state index contributed by atoms with van der Waals surface area (Å²) in [6.07, 6.45) is 0. The second kappa shape index (κ2) is 4.04. The van der Waals surface area contributed by atoms with Crippen LogP contribution in [0, 0.1) is 0 Å². The van der Waals surface area contributed by atoms with E-state index in [0.717, 1.165) is 0 Å². The van der Waals surface area contributed by atoms with Crippen molar-refractivity contribution in [1.82, 2.24) is 0 Å². The average Bonchev–Trinajstić information content (AvgIpc) is 1.14. The van der Waals surface area contributed by atoms with Crippen molar-refractivity contribution in [1.29, 1.82) is 0 Å². The van der Waals surface area contributed by atoms with Gasteiger partial charge in [0.15, 0.2) is 0 Å². The van der Waals surface area contributed by atoms with E-state index in [-0.39, 0.29) is 29.6 Å². The van der Waals surface area contributed by atoms with E-state index < -0.39 is 21.4 Å². The summed E-state index contributed by atoms with van der Waals surface area (Å²) in [6.45, 7) is 3.06. The Bertz CT molecular complexity index is 181. The number of nitrogens with two attached hydrogens (primary N) is 1. The fourth-order valence-corrected chi connectivity index (χ4v) is 1.41. The standard InChI is InChI=1S/C4H11NO3S.Na.H/c1-4(2,5)3-9(6,7)8;;/h3,5H2,1-2H3,(H,6,7,8);;. The van der Waals surface area contributed by atoms with Gasteiger partial charge in [0.05, 0.1) is 5.75 Å². The fraction of sp³-hybridized carbons (Fsp3) is 1.00. The number of hydrogen-bond donors (Lipinski definition) is 2. The third kappa shape index (κ3) is 11.6. The number of hydrogen-bond acceptors (Lipinski definition) is 3. The maximum atomic E-state index is 10.1. The number of rotatable bonds is 2. The summed E-state index contributed by atoms with van der Waals surface area (Å²) >= 11 is 0. The average molecular weight is 177 g/mol. The Balaban J connectivity index is 0. The predicted molar refractivity (Wildman–Crippen MR) is 41.8 cm³/mol. The monoisotopic (exact) mass is 177 g/mol. The van der Waals surface area contributed by atoms with Crippen LogP contribution in [0.15, 0.2) is 0 Å². The molecule has 10 heavy (non-hydrogen) atoms. The molecule has 0 aliphatic heterocycles. The second-order valence-corrected chi connectivity index (χ2v) is 4.17. The first-order valence-corrected chi connectivity index (χ1v) is 4.06. The van der Waals surface area contributed by atoms with Crippen molar-refractivity contribution in [2.24, 2.45) is 5.73 Å². The van der Waals surface area contributed by atoms with Crippen LogP contribution in [-0.4, -0.2) is 53.8 Å². The van der Waals surface area contributed by atoms with Gasteiger partial charge >= 0.3 is 29.6 Å². The SMILES string of the molecule is CC(C)(N)CS(=O)(=O)O.[NaH]. The molecule has 0 unspecified atom stereocenters. The second-order valence-electron chi connectivity index (χ2n) is 2.71. The molecule has 0 aromatic carbocycles. The van der Waals surface area contributed by atoms with Gasteiger partial charge in [-0.15, -0.1) is 0 Å². The Labute approximate surface area is 83.2 Å². The van der Waals surface area contributed by atoms with Crippen LogP contribution in [0.2, 0.25) is 0 Å². The van der Waals surface area contributed by atoms with Crippen molar-refractivity contribution in [2.45, 2.75) is 19.4 Å². The van der Waals surface area contributed by atoms with Crippen molar-refractivity contribution < 1.29 is 13.0 Å². The minimum atomic E-state index is -3.91. The van der Waals surface area contributed by atoms with Crippen molar-refractivity contribution in [3.8, 4) is 0 Å². The molecule has 0 spiro atoms. The molecule has 0 aliphatic carbocycles. The Hall–Kier alpha value is 0.870. The topological polar surface area (TPSA) is 80.4 Å². The Morgan fingerprint density at radius 2 is 1.80 bits per heavy atom. The summed E-state index contributed by atoms with van der Waals surface area (Å²) in [5.74, 6) is -0.403. The summed E-state index contributed by atoms with van der Waals surface area (Å²) in [5, 5.41) is 0. The van der Waals surface area contributed by atoms with Gasteiger partial charge in [-0.05, 0) is 13.8 Å². The van der Waals surface area contributed by atoms with E-state index in [2.05, 4.69) is 0 Å². The molecule has 58 valence electrons. The van der Waals surface area contributed by atoms with Crippen molar-refractivity contribution in [3.63, 3.8) is 0 Å². The van der Waals surface area contributed by atoms with E-state index in [9.17, 15) is 8.42 Å². The molecule has 0 aliphatic rings. The molecule has 4 nitrogen and oxygen atoms in total. The molecule has 0 amide bonds. The first kappa shape index (κ1) is 13.5. The Morgan fingerprint density at radius 1 is 1.50 bits per heavy atom. The summed E-state index contributed by atoms with van der Waals surface area (Å²) < 4.78 is 28.5. The van der Waals surface area contributed by atoms with Gasteiger partial charge in [0.25, 0.3) is 10.1 Å². The van der Waals surface area contributed by atoms with Gasteiger partial charge in [0.1, 0.15) is 0 Å². The van der Waals surface area contributed by atoms with Crippen LogP contribution in [0.25, 0.3) is 0 Å². The first-order chi connectivity index (χ1) is 3.71. The van der Waals surface area contributed by atoms with E-state index >= 15 is 0 Å². The van der Waals surface area contributed by atoms with E-state index in [1.807, 2.05) is 0 Å². The van der Waals surface area contributed by atoms with Crippen LogP contribution in [-0.2, 0) is 10.1 Å². The van der Waals surface area contributed by atoms with Crippen LogP contribution >= 0.6 is 0 Å². The van der Waals surface area contributed by atoms with Gasteiger partial charge in [-0.1, -0.05) is 0 Å². The van der Waals surface area contributed by atoms with Crippen molar-refractivity contribution in [3.05, 3.63) is 0 Å². The van der Waals surface area contributed by atoms with Gasteiger partial charge in [0.2, 0.25) is 0 Å². The van der Waals surface area contributed by atoms with Gasteiger partial charge in [-0.2, -0.15) is 8.42 Å². The summed E-state index contributed by atoms with van der Waals surface area (Å²) in [5.41, 5.74) is 4.43. The molecule has 0 aromatic rings. The molecule has 0 saturated heterocycles. The zero-order valence-electron chi connectivity index (χ0n) is 5.46. The van der Waals surface area contributed by atoms with Gasteiger partial charge < -0.3 is 5.73 Å². The van der Waals surface area contributed by atoms with Crippen LogP contribution in [0.3, 0.4) is 0 Å². The predicted octanol–water partition coefficient (Wildman–Crippen LogP) is -1.04. The molecule has 6 heteroatoms. The van der Waals surface area contributed by atoms with E-state index in [0.29, 0.717) is 0 Å². The van der Waals surface area contributed by atoms with Gasteiger partial charge in [-0.25, -0.2) is 0 Å². The quantitative estimate of drug-likeness (QED) is 0.417. The molecule has 0 heterocycles. The summed E-state index contributed by atoms with van der Waals surface area (Å²) in [7, 11) is -3.91. The normalized spacial score (nSPS) is 12.4. The molecular weight excluding hydrogens is 165 g/mol. The molecule has 0 atom stereocenters. The molecule has 3 N–H and O–H groups in total. The third-order valence-corrected chi connectivity index (χ3v) is 1.66. The van der Waals surface area contributed by atoms with Crippen molar-refractivity contribution >= 4 is 39.7 Å². The van der Waals surface area contributed by atoms with Gasteiger partial charge in [-0.3, -0.25) is 4.55 Å². The van der Waals surface area contributed by atoms with Crippen LogP contribution in [0.1, 0.15) is 13.8 Å². The van der Waals surface area contributed by atoms with Crippen LogP contribution in [0.4, 0.5) is 0 Å². The summed E-state index contributed by atoms with van der Waals surface area (Å²) in [6, 6.07) is 0. The van der Waals surface area contributed by atoms with Crippen LogP contribution < -0.4 is 5.73 Å². The fourth-order valence-electron chi connectivity index (χ4n) is 0.470. The minimum absolute atomic E-state index is 0. The van der Waals surface area contributed by atoms with E-state index in [1.165, 1.54) is 13.8 Å². The molecule has 0 radical (unpaired) electrons. The van der Waals surface area contributed by atoms with Gasteiger partial charge in [0, 0.05) is 5.54 Å². The summed E-state index contributed by atoms with van der Waals surface area (Å²) in [4.78, 5) is 0. The van der Waals surface area contributed by atoms with Crippen LogP contribution in [0.5, 0.6) is 0 Å². The Morgan fingerprint density at radius 3 is 1.80 bits per heavy atom. The Kier molecular flexibility index (Phi) is 5.43. The molecule has 0 fully saturated rings. The van der Waals surface area contributed by atoms with E-state index in [4.69, 9.17) is 10.3 Å². The molecule has 0 bridgehead atoms. The molecular formula is C4H12NNaO3S. The molecule has 0 rings (SSSR count).